The Labute approximate surface area is 361 Å². The van der Waals surface area contributed by atoms with Gasteiger partial charge in [0.15, 0.2) is 5.58 Å². The van der Waals surface area contributed by atoms with Crippen LogP contribution in [0.5, 0.6) is 0 Å². The average Bonchev–Trinajstić information content (AvgIpc) is 3.86. The van der Waals surface area contributed by atoms with Gasteiger partial charge in [0.1, 0.15) is 5.58 Å². The number of furan rings is 1. The smallest absolute Gasteiger partial charge is 0.159 e. The van der Waals surface area contributed by atoms with Crippen molar-refractivity contribution in [1.29, 1.82) is 0 Å². The van der Waals surface area contributed by atoms with E-state index in [0.29, 0.717) is 0 Å². The van der Waals surface area contributed by atoms with Crippen molar-refractivity contribution in [2.45, 2.75) is 12.3 Å². The van der Waals surface area contributed by atoms with Gasteiger partial charge in [0.05, 0.1) is 11.4 Å². The van der Waals surface area contributed by atoms with Crippen molar-refractivity contribution in [2.24, 2.45) is 0 Å². The zero-order valence-electron chi connectivity index (χ0n) is 34.3. The maximum absolute atomic E-state index is 6.78. The fraction of sp³-hybridized carbons (Fsp3) is 0.0333. The van der Waals surface area contributed by atoms with Crippen molar-refractivity contribution in [2.75, 3.05) is 4.90 Å². The van der Waals surface area contributed by atoms with Gasteiger partial charge in [-0.3, -0.25) is 0 Å². The zero-order valence-corrected chi connectivity index (χ0v) is 34.3. The SMILES string of the molecule is CC1(c2ccccc2)c2ccccc2-c2ccc(-c3ccc(N(c4ccccc4-c4cccc5cccc(-c6ccccc6)c45)c4cccc5c4oc4ccccc45)cc3)cc21. The van der Waals surface area contributed by atoms with Crippen LogP contribution >= 0.6 is 0 Å². The summed E-state index contributed by atoms with van der Waals surface area (Å²) in [5.41, 5.74) is 18.2. The molecule has 1 atom stereocenters. The molecule has 0 aliphatic heterocycles. The topological polar surface area (TPSA) is 16.4 Å². The van der Waals surface area contributed by atoms with Crippen molar-refractivity contribution >= 4 is 49.8 Å². The third kappa shape index (κ3) is 5.57. The molecular formula is C60H41NO. The molecule has 62 heavy (non-hydrogen) atoms. The minimum Gasteiger partial charge on any atom is -0.454 e. The van der Waals surface area contributed by atoms with Crippen LogP contribution in [0.3, 0.4) is 0 Å². The Morgan fingerprint density at radius 3 is 1.81 bits per heavy atom. The van der Waals surface area contributed by atoms with E-state index in [-0.39, 0.29) is 5.41 Å². The van der Waals surface area contributed by atoms with Crippen LogP contribution in [-0.4, -0.2) is 0 Å². The molecule has 0 N–H and O–H groups in total. The quantitative estimate of drug-likeness (QED) is 0.160. The first-order chi connectivity index (χ1) is 30.6. The van der Waals surface area contributed by atoms with Gasteiger partial charge in [-0.15, -0.1) is 0 Å². The van der Waals surface area contributed by atoms with Crippen LogP contribution < -0.4 is 4.90 Å². The lowest BCUT2D eigenvalue weighted by Gasteiger charge is -2.29. The van der Waals surface area contributed by atoms with Gasteiger partial charge in [0, 0.05) is 27.4 Å². The number of fused-ring (bicyclic) bond motifs is 7. The summed E-state index contributed by atoms with van der Waals surface area (Å²) in [6.07, 6.45) is 0. The van der Waals surface area contributed by atoms with Gasteiger partial charge in [-0.2, -0.15) is 0 Å². The fourth-order valence-corrected chi connectivity index (χ4v) is 10.2. The second kappa shape index (κ2) is 14.4. The molecule has 12 rings (SSSR count). The zero-order chi connectivity index (χ0) is 41.2. The minimum atomic E-state index is -0.267. The number of nitrogens with zero attached hydrogens (tertiary/aromatic N) is 1. The second-order valence-electron chi connectivity index (χ2n) is 16.5. The Bertz CT molecular complexity index is 3470. The molecule has 0 radical (unpaired) electrons. The van der Waals surface area contributed by atoms with Crippen LogP contribution in [0.1, 0.15) is 23.6 Å². The molecule has 0 saturated heterocycles. The van der Waals surface area contributed by atoms with E-state index in [1.165, 1.54) is 66.4 Å². The third-order valence-electron chi connectivity index (χ3n) is 13.2. The van der Waals surface area contributed by atoms with Crippen LogP contribution in [0.25, 0.3) is 77.2 Å². The summed E-state index contributed by atoms with van der Waals surface area (Å²) in [4.78, 5) is 2.39. The molecule has 1 heterocycles. The number of benzene rings is 10. The first kappa shape index (κ1) is 36.0. The first-order valence-electron chi connectivity index (χ1n) is 21.4. The van der Waals surface area contributed by atoms with Gasteiger partial charge in [0.2, 0.25) is 0 Å². The summed E-state index contributed by atoms with van der Waals surface area (Å²) >= 11 is 0. The highest BCUT2D eigenvalue weighted by Crippen LogP contribution is 2.53. The third-order valence-corrected chi connectivity index (χ3v) is 13.2. The molecule has 1 unspecified atom stereocenters. The normalized spacial score (nSPS) is 14.3. The van der Waals surface area contributed by atoms with E-state index in [1.54, 1.807) is 0 Å². The van der Waals surface area contributed by atoms with Gasteiger partial charge in [-0.1, -0.05) is 194 Å². The van der Waals surface area contributed by atoms with Gasteiger partial charge in [-0.25, -0.2) is 0 Å². The largest absolute Gasteiger partial charge is 0.454 e. The molecule has 2 heteroatoms. The van der Waals surface area contributed by atoms with Gasteiger partial charge < -0.3 is 9.32 Å². The lowest BCUT2D eigenvalue weighted by atomic mass is 9.74. The maximum Gasteiger partial charge on any atom is 0.159 e. The standard InChI is InChI=1S/C60H41NO/c1-60(44-21-6-3-7-22-44)53-29-11-8-23-47(53)48-38-35-43(39-54(48)60)40-33-36-45(37-34-40)61(56-31-16-28-52-50-25-10-13-32-57(50)62-59(52)56)55-30-12-9-24-49(55)51-27-15-20-42-19-14-26-46(58(42)51)41-17-4-2-5-18-41/h2-39H,1H3. The van der Waals surface area contributed by atoms with Gasteiger partial charge in [0.25, 0.3) is 0 Å². The number of anilines is 3. The number of para-hydroxylation sites is 3. The Morgan fingerprint density at radius 1 is 0.387 bits per heavy atom. The van der Waals surface area contributed by atoms with E-state index in [1.807, 2.05) is 6.07 Å². The molecule has 10 aromatic carbocycles. The lowest BCUT2D eigenvalue weighted by molar-refractivity contribution is 0.669. The highest BCUT2D eigenvalue weighted by atomic mass is 16.3. The van der Waals surface area contributed by atoms with E-state index < -0.39 is 0 Å². The Morgan fingerprint density at radius 2 is 0.984 bits per heavy atom. The van der Waals surface area contributed by atoms with Crippen molar-refractivity contribution < 1.29 is 4.42 Å². The number of hydrogen-bond acceptors (Lipinski definition) is 2. The van der Waals surface area contributed by atoms with E-state index in [9.17, 15) is 0 Å². The molecule has 1 aliphatic rings. The highest BCUT2D eigenvalue weighted by molar-refractivity contribution is 6.12. The molecule has 0 fully saturated rings. The van der Waals surface area contributed by atoms with Gasteiger partial charge in [-0.05, 0) is 110 Å². The molecule has 292 valence electrons. The molecule has 0 amide bonds. The van der Waals surface area contributed by atoms with E-state index >= 15 is 0 Å². The average molecular weight is 792 g/mol. The van der Waals surface area contributed by atoms with Crippen LogP contribution in [0.15, 0.2) is 235 Å². The molecular weight excluding hydrogens is 751 g/mol. The summed E-state index contributed by atoms with van der Waals surface area (Å²) in [5.74, 6) is 0. The van der Waals surface area contributed by atoms with Crippen molar-refractivity contribution in [3.8, 4) is 44.5 Å². The molecule has 2 nitrogen and oxygen atoms in total. The summed E-state index contributed by atoms with van der Waals surface area (Å²) in [6, 6.07) is 83.7. The summed E-state index contributed by atoms with van der Waals surface area (Å²) in [6.45, 7) is 2.38. The molecule has 1 aromatic heterocycles. The lowest BCUT2D eigenvalue weighted by Crippen LogP contribution is -2.22. The molecule has 0 bridgehead atoms. The van der Waals surface area contributed by atoms with Crippen molar-refractivity contribution in [1.82, 2.24) is 0 Å². The summed E-state index contributed by atoms with van der Waals surface area (Å²) in [7, 11) is 0. The summed E-state index contributed by atoms with van der Waals surface area (Å²) < 4.78 is 6.78. The van der Waals surface area contributed by atoms with E-state index in [2.05, 4.69) is 236 Å². The molecule has 0 saturated carbocycles. The summed E-state index contributed by atoms with van der Waals surface area (Å²) in [5, 5.41) is 4.63. The molecule has 1 aliphatic carbocycles. The van der Waals surface area contributed by atoms with Crippen LogP contribution in [0.2, 0.25) is 0 Å². The van der Waals surface area contributed by atoms with Crippen molar-refractivity contribution in [3.63, 3.8) is 0 Å². The van der Waals surface area contributed by atoms with E-state index in [0.717, 1.165) is 44.6 Å². The highest BCUT2D eigenvalue weighted by Gasteiger charge is 2.40. The van der Waals surface area contributed by atoms with Crippen LogP contribution in [0.4, 0.5) is 17.1 Å². The monoisotopic (exact) mass is 791 g/mol. The predicted octanol–water partition coefficient (Wildman–Crippen LogP) is 16.5. The second-order valence-corrected chi connectivity index (χ2v) is 16.5. The van der Waals surface area contributed by atoms with Crippen LogP contribution in [0, 0.1) is 0 Å². The number of hydrogen-bond donors (Lipinski definition) is 0. The Balaban J connectivity index is 1.04. The van der Waals surface area contributed by atoms with E-state index in [4.69, 9.17) is 4.42 Å². The van der Waals surface area contributed by atoms with Gasteiger partial charge >= 0.3 is 0 Å². The predicted molar refractivity (Wildman–Crippen MR) is 260 cm³/mol. The minimum absolute atomic E-state index is 0.267. The molecule has 0 spiro atoms. The molecule has 11 aromatic rings. The fourth-order valence-electron chi connectivity index (χ4n) is 10.2. The maximum atomic E-state index is 6.78. The van der Waals surface area contributed by atoms with Crippen LogP contribution in [-0.2, 0) is 5.41 Å². The number of rotatable bonds is 7. The first-order valence-corrected chi connectivity index (χ1v) is 21.4. The Hall–Kier alpha value is -7.94. The Kier molecular flexibility index (Phi) is 8.33. The van der Waals surface area contributed by atoms with Crippen molar-refractivity contribution in [3.05, 3.63) is 247 Å².